The van der Waals surface area contributed by atoms with Gasteiger partial charge >= 0.3 is 0 Å². The van der Waals surface area contributed by atoms with E-state index < -0.39 is 0 Å². The third kappa shape index (κ3) is 3.02. The summed E-state index contributed by atoms with van der Waals surface area (Å²) in [6, 6.07) is 16.1. The Morgan fingerprint density at radius 3 is 2.56 bits per heavy atom. The van der Waals surface area contributed by atoms with Crippen LogP contribution < -0.4 is 4.74 Å². The number of benzene rings is 2. The second-order valence-electron chi connectivity index (χ2n) is 4.12. The maximum Gasteiger partial charge on any atom is 0.130 e. The monoisotopic (exact) mass is 302 g/mol. The van der Waals surface area contributed by atoms with E-state index in [1.54, 1.807) is 0 Å². The van der Waals surface area contributed by atoms with Crippen LogP contribution in [0.4, 0.5) is 0 Å². The van der Waals surface area contributed by atoms with Gasteiger partial charge in [-0.1, -0.05) is 65.0 Å². The number of ether oxygens (including phenoxy) is 1. The molecule has 0 aliphatic carbocycles. The molecule has 0 unspecified atom stereocenters. The van der Waals surface area contributed by atoms with Crippen LogP contribution in [0.2, 0.25) is 0 Å². The molecule has 0 bridgehead atoms. The van der Waals surface area contributed by atoms with E-state index in [0.29, 0.717) is 5.76 Å². The maximum atomic E-state index is 5.86. The van der Waals surface area contributed by atoms with Gasteiger partial charge in [-0.15, -0.1) is 0 Å². The van der Waals surface area contributed by atoms with E-state index in [1.807, 2.05) is 43.3 Å². The standard InChI is InChI=1S/C16H15BrO/c1-12-8-9-14(11-17)10-16(12)18-13(2)15-6-4-3-5-7-15/h3-10H,2,11H2,1H3. The van der Waals surface area contributed by atoms with Crippen LogP contribution in [0.5, 0.6) is 5.75 Å². The fraction of sp³-hybridized carbons (Fsp3) is 0.125. The van der Waals surface area contributed by atoms with Crippen LogP contribution in [-0.2, 0) is 5.33 Å². The normalized spacial score (nSPS) is 10.1. The Bertz CT molecular complexity index is 546. The fourth-order valence-corrected chi connectivity index (χ4v) is 2.00. The molecule has 0 radical (unpaired) electrons. The van der Waals surface area contributed by atoms with Crippen LogP contribution in [0.15, 0.2) is 55.1 Å². The molecule has 92 valence electrons. The zero-order valence-corrected chi connectivity index (χ0v) is 11.9. The number of aryl methyl sites for hydroxylation is 1. The average molecular weight is 303 g/mol. The van der Waals surface area contributed by atoms with Gasteiger partial charge in [0.25, 0.3) is 0 Å². The van der Waals surface area contributed by atoms with Gasteiger partial charge in [0.2, 0.25) is 0 Å². The van der Waals surface area contributed by atoms with Crippen LogP contribution in [0.25, 0.3) is 5.76 Å². The van der Waals surface area contributed by atoms with Gasteiger partial charge in [-0.2, -0.15) is 0 Å². The van der Waals surface area contributed by atoms with Gasteiger partial charge in [-0.25, -0.2) is 0 Å². The van der Waals surface area contributed by atoms with Crippen molar-refractivity contribution in [1.82, 2.24) is 0 Å². The lowest BCUT2D eigenvalue weighted by Gasteiger charge is -2.12. The highest BCUT2D eigenvalue weighted by molar-refractivity contribution is 9.08. The predicted octanol–water partition coefficient (Wildman–Crippen LogP) is 4.94. The molecule has 2 aromatic rings. The van der Waals surface area contributed by atoms with Crippen molar-refractivity contribution in [3.05, 3.63) is 71.8 Å². The quantitative estimate of drug-likeness (QED) is 0.574. The minimum atomic E-state index is 0.672. The molecule has 2 aromatic carbocycles. The minimum absolute atomic E-state index is 0.672. The Balaban J connectivity index is 2.21. The average Bonchev–Trinajstić information content (AvgIpc) is 2.42. The van der Waals surface area contributed by atoms with Crippen molar-refractivity contribution in [3.8, 4) is 5.75 Å². The molecule has 0 spiro atoms. The number of hydrogen-bond acceptors (Lipinski definition) is 1. The van der Waals surface area contributed by atoms with Crippen molar-refractivity contribution in [2.24, 2.45) is 0 Å². The molecule has 2 heteroatoms. The topological polar surface area (TPSA) is 9.23 Å². The summed E-state index contributed by atoms with van der Waals surface area (Å²) in [4.78, 5) is 0. The van der Waals surface area contributed by atoms with Crippen molar-refractivity contribution in [2.45, 2.75) is 12.3 Å². The molecule has 1 nitrogen and oxygen atoms in total. The van der Waals surface area contributed by atoms with Gasteiger partial charge in [-0.05, 0) is 24.1 Å². The van der Waals surface area contributed by atoms with Crippen LogP contribution in [-0.4, -0.2) is 0 Å². The summed E-state index contributed by atoms with van der Waals surface area (Å²) in [7, 11) is 0. The van der Waals surface area contributed by atoms with Crippen LogP contribution in [0.3, 0.4) is 0 Å². The van der Waals surface area contributed by atoms with Crippen LogP contribution >= 0.6 is 15.9 Å². The van der Waals surface area contributed by atoms with Crippen LogP contribution in [0, 0.1) is 6.92 Å². The highest BCUT2D eigenvalue weighted by Gasteiger charge is 2.05. The summed E-state index contributed by atoms with van der Waals surface area (Å²) in [6.45, 7) is 6.02. The first-order valence-electron chi connectivity index (χ1n) is 5.78. The second-order valence-corrected chi connectivity index (χ2v) is 4.69. The fourth-order valence-electron chi connectivity index (χ4n) is 1.65. The molecule has 0 amide bonds. The largest absolute Gasteiger partial charge is 0.457 e. The summed E-state index contributed by atoms with van der Waals surface area (Å²) < 4.78 is 5.86. The Morgan fingerprint density at radius 1 is 1.17 bits per heavy atom. The summed E-state index contributed by atoms with van der Waals surface area (Å²) in [5, 5.41) is 0.821. The number of hydrogen-bond donors (Lipinski definition) is 0. The molecule has 0 aliphatic heterocycles. The molecule has 0 fully saturated rings. The van der Waals surface area contributed by atoms with Crippen molar-refractivity contribution in [3.63, 3.8) is 0 Å². The Labute approximate surface area is 116 Å². The van der Waals surface area contributed by atoms with Crippen molar-refractivity contribution in [1.29, 1.82) is 0 Å². The zero-order valence-electron chi connectivity index (χ0n) is 10.3. The number of halogens is 1. The van der Waals surface area contributed by atoms with E-state index in [0.717, 1.165) is 22.2 Å². The van der Waals surface area contributed by atoms with E-state index in [1.165, 1.54) is 5.56 Å². The third-order valence-corrected chi connectivity index (χ3v) is 3.38. The first-order chi connectivity index (χ1) is 8.70. The molecule has 0 aromatic heterocycles. The molecule has 0 N–H and O–H groups in total. The first kappa shape index (κ1) is 12.9. The predicted molar refractivity (Wildman–Crippen MR) is 79.9 cm³/mol. The highest BCUT2D eigenvalue weighted by Crippen LogP contribution is 2.25. The minimum Gasteiger partial charge on any atom is -0.457 e. The van der Waals surface area contributed by atoms with E-state index in [2.05, 4.69) is 34.6 Å². The van der Waals surface area contributed by atoms with Gasteiger partial charge in [0.1, 0.15) is 11.5 Å². The summed E-state index contributed by atoms with van der Waals surface area (Å²) >= 11 is 3.45. The third-order valence-electron chi connectivity index (χ3n) is 2.74. The SMILES string of the molecule is C=C(Oc1cc(CBr)ccc1C)c1ccccc1. The molecule has 2 rings (SSSR count). The molecule has 0 atom stereocenters. The summed E-state index contributed by atoms with van der Waals surface area (Å²) in [5.41, 5.74) is 3.30. The maximum absolute atomic E-state index is 5.86. The molecule has 0 heterocycles. The molecular weight excluding hydrogens is 288 g/mol. The Kier molecular flexibility index (Phi) is 4.21. The second kappa shape index (κ2) is 5.87. The molecule has 0 saturated carbocycles. The Hall–Kier alpha value is -1.54. The van der Waals surface area contributed by atoms with Crippen molar-refractivity contribution < 1.29 is 4.74 Å². The van der Waals surface area contributed by atoms with Gasteiger partial charge in [0, 0.05) is 10.9 Å². The lowest BCUT2D eigenvalue weighted by Crippen LogP contribution is -1.95. The molecule has 0 aliphatic rings. The van der Waals surface area contributed by atoms with E-state index >= 15 is 0 Å². The van der Waals surface area contributed by atoms with Crippen molar-refractivity contribution >= 4 is 21.7 Å². The smallest absolute Gasteiger partial charge is 0.130 e. The molecular formula is C16H15BrO. The van der Waals surface area contributed by atoms with Gasteiger partial charge in [0.05, 0.1) is 0 Å². The van der Waals surface area contributed by atoms with Crippen LogP contribution in [0.1, 0.15) is 16.7 Å². The summed E-state index contributed by atoms with van der Waals surface area (Å²) in [6.07, 6.45) is 0. The van der Waals surface area contributed by atoms with E-state index in [-0.39, 0.29) is 0 Å². The van der Waals surface area contributed by atoms with E-state index in [4.69, 9.17) is 4.74 Å². The van der Waals surface area contributed by atoms with Gasteiger partial charge in [-0.3, -0.25) is 0 Å². The number of rotatable bonds is 4. The molecule has 18 heavy (non-hydrogen) atoms. The number of alkyl halides is 1. The van der Waals surface area contributed by atoms with Gasteiger partial charge < -0.3 is 4.74 Å². The van der Waals surface area contributed by atoms with E-state index in [9.17, 15) is 0 Å². The lowest BCUT2D eigenvalue weighted by atomic mass is 10.1. The highest BCUT2D eigenvalue weighted by atomic mass is 79.9. The lowest BCUT2D eigenvalue weighted by molar-refractivity contribution is 0.512. The Morgan fingerprint density at radius 2 is 1.89 bits per heavy atom. The molecule has 0 saturated heterocycles. The summed E-state index contributed by atoms with van der Waals surface area (Å²) in [5.74, 6) is 1.53. The van der Waals surface area contributed by atoms with Gasteiger partial charge in [0.15, 0.2) is 0 Å². The first-order valence-corrected chi connectivity index (χ1v) is 6.90. The zero-order chi connectivity index (χ0) is 13.0. The van der Waals surface area contributed by atoms with Crippen molar-refractivity contribution in [2.75, 3.05) is 0 Å².